The highest BCUT2D eigenvalue weighted by Crippen LogP contribution is 2.27. The van der Waals surface area contributed by atoms with Crippen LogP contribution in [0.2, 0.25) is 10.0 Å². The number of benzene rings is 1. The molecule has 1 saturated carbocycles. The van der Waals surface area contributed by atoms with Crippen molar-refractivity contribution < 1.29 is 9.59 Å². The maximum Gasteiger partial charge on any atom is 0.313 e. The molecule has 0 aromatic heterocycles. The van der Waals surface area contributed by atoms with Gasteiger partial charge in [0.1, 0.15) is 0 Å². The van der Waals surface area contributed by atoms with Crippen LogP contribution in [0.3, 0.4) is 0 Å². The van der Waals surface area contributed by atoms with Gasteiger partial charge in [-0.3, -0.25) is 9.59 Å². The van der Waals surface area contributed by atoms with Gasteiger partial charge in [-0.05, 0) is 49.8 Å². The summed E-state index contributed by atoms with van der Waals surface area (Å²) in [5.74, 6) is -0.581. The molecule has 0 unspecified atom stereocenters. The summed E-state index contributed by atoms with van der Waals surface area (Å²) in [5.41, 5.74) is 0.376. The van der Waals surface area contributed by atoms with Gasteiger partial charge in [0.15, 0.2) is 0 Å². The SMILES string of the molecule is CCC1CCC(NC(=O)C(=O)Nc2ccc(Cl)cc2Cl)CC1. The third-order valence-electron chi connectivity index (χ3n) is 4.14. The molecule has 0 radical (unpaired) electrons. The van der Waals surface area contributed by atoms with Gasteiger partial charge in [0, 0.05) is 11.1 Å². The summed E-state index contributed by atoms with van der Waals surface area (Å²) in [5, 5.41) is 6.07. The molecule has 1 aromatic rings. The van der Waals surface area contributed by atoms with E-state index < -0.39 is 11.8 Å². The molecular weight excluding hydrogens is 323 g/mol. The highest BCUT2D eigenvalue weighted by molar-refractivity contribution is 6.42. The molecule has 6 heteroatoms. The van der Waals surface area contributed by atoms with Crippen molar-refractivity contribution >= 4 is 40.7 Å². The van der Waals surface area contributed by atoms with E-state index in [1.54, 1.807) is 12.1 Å². The minimum Gasteiger partial charge on any atom is -0.345 e. The Morgan fingerprint density at radius 1 is 1.14 bits per heavy atom. The molecule has 2 N–H and O–H groups in total. The van der Waals surface area contributed by atoms with E-state index in [4.69, 9.17) is 23.2 Å². The van der Waals surface area contributed by atoms with Crippen molar-refractivity contribution in [1.29, 1.82) is 0 Å². The highest BCUT2D eigenvalue weighted by Gasteiger charge is 2.24. The Morgan fingerprint density at radius 3 is 2.41 bits per heavy atom. The van der Waals surface area contributed by atoms with Gasteiger partial charge in [0.25, 0.3) is 0 Å². The van der Waals surface area contributed by atoms with Crippen molar-refractivity contribution in [2.24, 2.45) is 5.92 Å². The van der Waals surface area contributed by atoms with Gasteiger partial charge in [0.05, 0.1) is 10.7 Å². The van der Waals surface area contributed by atoms with E-state index in [1.807, 2.05) is 0 Å². The van der Waals surface area contributed by atoms with Gasteiger partial charge < -0.3 is 10.6 Å². The van der Waals surface area contributed by atoms with E-state index >= 15 is 0 Å². The molecule has 1 aliphatic rings. The average Bonchev–Trinajstić information content (AvgIpc) is 2.50. The Kier molecular flexibility index (Phi) is 6.09. The number of carbonyl (C=O) groups excluding carboxylic acids is 2. The Hall–Kier alpha value is -1.26. The van der Waals surface area contributed by atoms with Gasteiger partial charge in [-0.2, -0.15) is 0 Å². The van der Waals surface area contributed by atoms with E-state index in [1.165, 1.54) is 12.5 Å². The van der Waals surface area contributed by atoms with Crippen LogP contribution in [0.15, 0.2) is 18.2 Å². The van der Waals surface area contributed by atoms with Crippen molar-refractivity contribution in [1.82, 2.24) is 5.32 Å². The predicted molar refractivity (Wildman–Crippen MR) is 89.3 cm³/mol. The molecule has 0 heterocycles. The van der Waals surface area contributed by atoms with Crippen molar-refractivity contribution in [3.63, 3.8) is 0 Å². The first-order chi connectivity index (χ1) is 10.5. The normalized spacial score (nSPS) is 21.2. The number of carbonyl (C=O) groups is 2. The van der Waals surface area contributed by atoms with Crippen LogP contribution in [-0.4, -0.2) is 17.9 Å². The van der Waals surface area contributed by atoms with Crippen molar-refractivity contribution in [2.45, 2.75) is 45.1 Å². The number of anilines is 1. The summed E-state index contributed by atoms with van der Waals surface area (Å²) < 4.78 is 0. The molecule has 22 heavy (non-hydrogen) atoms. The largest absolute Gasteiger partial charge is 0.345 e. The first-order valence-corrected chi connectivity index (χ1v) is 8.32. The zero-order chi connectivity index (χ0) is 16.1. The molecule has 4 nitrogen and oxygen atoms in total. The van der Waals surface area contributed by atoms with Gasteiger partial charge >= 0.3 is 11.8 Å². The molecule has 0 saturated heterocycles. The highest BCUT2D eigenvalue weighted by atomic mass is 35.5. The molecule has 2 amide bonds. The van der Waals surface area contributed by atoms with Crippen LogP contribution in [0.4, 0.5) is 5.69 Å². The zero-order valence-corrected chi connectivity index (χ0v) is 14.0. The van der Waals surface area contributed by atoms with E-state index in [9.17, 15) is 9.59 Å². The number of halogens is 2. The maximum absolute atomic E-state index is 12.0. The lowest BCUT2D eigenvalue weighted by Crippen LogP contribution is -2.43. The fourth-order valence-corrected chi connectivity index (χ4v) is 3.19. The van der Waals surface area contributed by atoms with E-state index in [2.05, 4.69) is 17.6 Å². The van der Waals surface area contributed by atoms with E-state index in [0.29, 0.717) is 15.7 Å². The van der Waals surface area contributed by atoms with Gasteiger partial charge in [0.2, 0.25) is 0 Å². The maximum atomic E-state index is 12.0. The smallest absolute Gasteiger partial charge is 0.313 e. The second kappa shape index (κ2) is 7.84. The fourth-order valence-electron chi connectivity index (χ4n) is 2.74. The average molecular weight is 343 g/mol. The predicted octanol–water partition coefficient (Wildman–Crippen LogP) is 4.02. The Balaban J connectivity index is 1.86. The number of hydrogen-bond acceptors (Lipinski definition) is 2. The molecule has 0 atom stereocenters. The molecule has 0 bridgehead atoms. The number of amides is 2. The van der Waals surface area contributed by atoms with Crippen LogP contribution in [0, 0.1) is 5.92 Å². The van der Waals surface area contributed by atoms with Gasteiger partial charge in [-0.15, -0.1) is 0 Å². The lowest BCUT2D eigenvalue weighted by atomic mass is 9.84. The summed E-state index contributed by atoms with van der Waals surface area (Å²) in [6.45, 7) is 2.19. The lowest BCUT2D eigenvalue weighted by Gasteiger charge is -2.28. The second-order valence-corrected chi connectivity index (χ2v) is 6.52. The standard InChI is InChI=1S/C16H20Cl2N2O2/c1-2-10-3-6-12(7-4-10)19-15(21)16(22)20-14-8-5-11(17)9-13(14)18/h5,8-10,12H,2-4,6-7H2,1H3,(H,19,21)(H,20,22). The van der Waals surface area contributed by atoms with Crippen LogP contribution < -0.4 is 10.6 Å². The third-order valence-corrected chi connectivity index (χ3v) is 4.69. The van der Waals surface area contributed by atoms with E-state index in [0.717, 1.165) is 31.6 Å². The van der Waals surface area contributed by atoms with Crippen LogP contribution in [0.5, 0.6) is 0 Å². The Bertz CT molecular complexity index is 555. The topological polar surface area (TPSA) is 58.2 Å². The molecule has 0 aliphatic heterocycles. The molecule has 1 fully saturated rings. The number of hydrogen-bond donors (Lipinski definition) is 2. The first kappa shape index (κ1) is 17.1. The molecule has 120 valence electrons. The Morgan fingerprint density at radius 2 is 1.82 bits per heavy atom. The van der Waals surface area contributed by atoms with Gasteiger partial charge in [-0.1, -0.05) is 36.5 Å². The van der Waals surface area contributed by atoms with Crippen LogP contribution >= 0.6 is 23.2 Å². The quantitative estimate of drug-likeness (QED) is 0.815. The molecule has 2 rings (SSSR count). The summed E-state index contributed by atoms with van der Waals surface area (Å²) in [6, 6.07) is 4.78. The summed E-state index contributed by atoms with van der Waals surface area (Å²) in [7, 11) is 0. The molecule has 1 aromatic carbocycles. The fraction of sp³-hybridized carbons (Fsp3) is 0.500. The van der Waals surface area contributed by atoms with Crippen molar-refractivity contribution in [3.8, 4) is 0 Å². The number of rotatable bonds is 3. The van der Waals surface area contributed by atoms with Gasteiger partial charge in [-0.25, -0.2) is 0 Å². The minimum absolute atomic E-state index is 0.0849. The summed E-state index contributed by atoms with van der Waals surface area (Å²) in [4.78, 5) is 23.9. The molecule has 0 spiro atoms. The molecule has 1 aliphatic carbocycles. The minimum atomic E-state index is -0.707. The van der Waals surface area contributed by atoms with Crippen LogP contribution in [0.1, 0.15) is 39.0 Å². The monoisotopic (exact) mass is 342 g/mol. The number of nitrogens with one attached hydrogen (secondary N) is 2. The first-order valence-electron chi connectivity index (χ1n) is 7.56. The molecular formula is C16H20Cl2N2O2. The second-order valence-electron chi connectivity index (χ2n) is 5.68. The summed E-state index contributed by atoms with van der Waals surface area (Å²) >= 11 is 11.8. The van der Waals surface area contributed by atoms with Crippen molar-refractivity contribution in [2.75, 3.05) is 5.32 Å². The summed E-state index contributed by atoms with van der Waals surface area (Å²) in [6.07, 6.45) is 5.24. The van der Waals surface area contributed by atoms with Crippen LogP contribution in [0.25, 0.3) is 0 Å². The van der Waals surface area contributed by atoms with Crippen LogP contribution in [-0.2, 0) is 9.59 Å². The van der Waals surface area contributed by atoms with Crippen molar-refractivity contribution in [3.05, 3.63) is 28.2 Å². The zero-order valence-electron chi connectivity index (χ0n) is 12.5. The lowest BCUT2D eigenvalue weighted by molar-refractivity contribution is -0.136. The van der Waals surface area contributed by atoms with E-state index in [-0.39, 0.29) is 6.04 Å². The Labute approximate surface area is 140 Å². The third kappa shape index (κ3) is 4.62.